The summed E-state index contributed by atoms with van der Waals surface area (Å²) in [6.07, 6.45) is 6.42. The number of hydrogen-bond acceptors (Lipinski definition) is 3. The van der Waals surface area contributed by atoms with Gasteiger partial charge in [-0.15, -0.1) is 0 Å². The maximum absolute atomic E-state index is 4.37. The molecule has 18 heavy (non-hydrogen) atoms. The lowest BCUT2D eigenvalue weighted by Crippen LogP contribution is -2.26. The Kier molecular flexibility index (Phi) is 2.38. The van der Waals surface area contributed by atoms with E-state index in [1.807, 2.05) is 12.4 Å². The fraction of sp³-hybridized carbons (Fsp3) is 0.357. The van der Waals surface area contributed by atoms with Crippen LogP contribution in [0.1, 0.15) is 24.3 Å². The van der Waals surface area contributed by atoms with Crippen molar-refractivity contribution in [3.8, 4) is 0 Å². The average molecular weight is 257 g/mol. The van der Waals surface area contributed by atoms with Gasteiger partial charge in [-0.25, -0.2) is 4.98 Å². The Morgan fingerprint density at radius 2 is 2.17 bits per heavy atom. The highest BCUT2D eigenvalue weighted by molar-refractivity contribution is 7.23. The molecule has 3 heterocycles. The van der Waals surface area contributed by atoms with Crippen molar-refractivity contribution in [2.24, 2.45) is 0 Å². The summed E-state index contributed by atoms with van der Waals surface area (Å²) in [5.41, 5.74) is 2.78. The number of thiazole rings is 1. The minimum atomic E-state index is 0.727. The molecule has 3 aromatic rings. The monoisotopic (exact) mass is 257 g/mol. The van der Waals surface area contributed by atoms with Crippen molar-refractivity contribution in [2.45, 2.75) is 18.8 Å². The maximum Gasteiger partial charge on any atom is 0.194 e. The van der Waals surface area contributed by atoms with Gasteiger partial charge in [0.1, 0.15) is 0 Å². The van der Waals surface area contributed by atoms with Crippen LogP contribution >= 0.6 is 11.3 Å². The average Bonchev–Trinajstić information content (AvgIpc) is 2.99. The van der Waals surface area contributed by atoms with Gasteiger partial charge >= 0.3 is 0 Å². The number of nitrogens with one attached hydrogen (secondary N) is 1. The summed E-state index contributed by atoms with van der Waals surface area (Å²) >= 11 is 1.78. The molecule has 1 aromatic carbocycles. The number of nitrogens with zero attached hydrogens (tertiary/aromatic N) is 2. The van der Waals surface area contributed by atoms with Gasteiger partial charge in [0, 0.05) is 12.4 Å². The summed E-state index contributed by atoms with van der Waals surface area (Å²) in [5, 5.41) is 3.43. The number of hydrogen-bond donors (Lipinski definition) is 1. The van der Waals surface area contributed by atoms with Gasteiger partial charge in [0.25, 0.3) is 0 Å². The molecule has 3 nitrogen and oxygen atoms in total. The lowest BCUT2D eigenvalue weighted by atomic mass is 9.90. The Morgan fingerprint density at radius 3 is 3.06 bits per heavy atom. The number of fused-ring (bicyclic) bond motifs is 3. The molecule has 0 unspecified atom stereocenters. The van der Waals surface area contributed by atoms with Gasteiger partial charge in [-0.2, -0.15) is 0 Å². The van der Waals surface area contributed by atoms with Gasteiger partial charge < -0.3 is 5.32 Å². The molecule has 4 heteroatoms. The van der Waals surface area contributed by atoms with E-state index in [0.717, 1.165) is 24.0 Å². The zero-order chi connectivity index (χ0) is 11.9. The molecule has 1 fully saturated rings. The lowest BCUT2D eigenvalue weighted by molar-refractivity contribution is 0.461. The molecule has 0 spiro atoms. The quantitative estimate of drug-likeness (QED) is 0.726. The maximum atomic E-state index is 4.37. The SMILES string of the molecule is c1cn2c(n1)sc1cc(C3CCNCC3)ccc12. The van der Waals surface area contributed by atoms with Gasteiger partial charge in [-0.1, -0.05) is 17.4 Å². The van der Waals surface area contributed by atoms with Crippen LogP contribution in [0, 0.1) is 0 Å². The van der Waals surface area contributed by atoms with E-state index in [9.17, 15) is 0 Å². The molecule has 0 atom stereocenters. The predicted molar refractivity (Wildman–Crippen MR) is 75.4 cm³/mol. The third-order valence-electron chi connectivity index (χ3n) is 3.86. The van der Waals surface area contributed by atoms with Gasteiger partial charge in [0.05, 0.1) is 10.2 Å². The minimum absolute atomic E-state index is 0.727. The van der Waals surface area contributed by atoms with Crippen molar-refractivity contribution in [3.05, 3.63) is 36.2 Å². The highest BCUT2D eigenvalue weighted by atomic mass is 32.1. The molecule has 92 valence electrons. The van der Waals surface area contributed by atoms with E-state index in [1.165, 1.54) is 28.6 Å². The first-order valence-electron chi connectivity index (χ1n) is 6.48. The first kappa shape index (κ1) is 10.5. The second kappa shape index (κ2) is 4.07. The van der Waals surface area contributed by atoms with Crippen LogP contribution in [0.25, 0.3) is 15.2 Å². The summed E-state index contributed by atoms with van der Waals surface area (Å²) in [6, 6.07) is 6.91. The van der Waals surface area contributed by atoms with Gasteiger partial charge in [-0.3, -0.25) is 4.40 Å². The molecule has 1 N–H and O–H groups in total. The summed E-state index contributed by atoms with van der Waals surface area (Å²) in [4.78, 5) is 5.46. The molecule has 1 aliphatic rings. The lowest BCUT2D eigenvalue weighted by Gasteiger charge is -2.22. The van der Waals surface area contributed by atoms with E-state index in [-0.39, 0.29) is 0 Å². The molecule has 4 rings (SSSR count). The van der Waals surface area contributed by atoms with Gasteiger partial charge in [0.2, 0.25) is 0 Å². The molecule has 0 bridgehead atoms. The predicted octanol–water partition coefficient (Wildman–Crippen LogP) is 3.02. The molecule has 1 aliphatic heterocycles. The van der Waals surface area contributed by atoms with E-state index in [0.29, 0.717) is 0 Å². The fourth-order valence-electron chi connectivity index (χ4n) is 2.87. The second-order valence-electron chi connectivity index (χ2n) is 4.93. The number of piperidine rings is 1. The zero-order valence-electron chi connectivity index (χ0n) is 10.1. The standard InChI is InChI=1S/C14H15N3S/c1-2-12-13(18-14-16-7-8-17(12)14)9-11(1)10-3-5-15-6-4-10/h1-2,7-10,15H,3-6H2. The van der Waals surface area contributed by atoms with Crippen LogP contribution in [-0.4, -0.2) is 22.5 Å². The highest BCUT2D eigenvalue weighted by Gasteiger charge is 2.16. The van der Waals surface area contributed by atoms with Crippen molar-refractivity contribution in [1.82, 2.24) is 14.7 Å². The molecular formula is C14H15N3S. The Bertz CT molecular complexity index is 691. The Morgan fingerprint density at radius 1 is 1.28 bits per heavy atom. The summed E-state index contributed by atoms with van der Waals surface area (Å²) in [7, 11) is 0. The Labute approximate surface area is 109 Å². The van der Waals surface area contributed by atoms with Crippen molar-refractivity contribution < 1.29 is 0 Å². The van der Waals surface area contributed by atoms with Gasteiger partial charge in [0.15, 0.2) is 4.96 Å². The van der Waals surface area contributed by atoms with Crippen LogP contribution < -0.4 is 5.32 Å². The summed E-state index contributed by atoms with van der Waals surface area (Å²) < 4.78 is 3.53. The first-order chi connectivity index (χ1) is 8.92. The molecule has 0 saturated carbocycles. The van der Waals surface area contributed by atoms with E-state index >= 15 is 0 Å². The highest BCUT2D eigenvalue weighted by Crippen LogP contribution is 2.31. The Balaban J connectivity index is 1.82. The van der Waals surface area contributed by atoms with Crippen molar-refractivity contribution >= 4 is 26.5 Å². The van der Waals surface area contributed by atoms with E-state index in [2.05, 4.69) is 32.9 Å². The normalized spacial score (nSPS) is 17.8. The largest absolute Gasteiger partial charge is 0.317 e. The summed E-state index contributed by atoms with van der Waals surface area (Å²) in [6.45, 7) is 2.30. The second-order valence-corrected chi connectivity index (χ2v) is 5.94. The molecule has 0 amide bonds. The van der Waals surface area contributed by atoms with Crippen LogP contribution in [0.15, 0.2) is 30.6 Å². The van der Waals surface area contributed by atoms with Crippen LogP contribution in [0.5, 0.6) is 0 Å². The fourth-order valence-corrected chi connectivity index (χ4v) is 3.90. The number of aromatic nitrogens is 2. The molecule has 0 radical (unpaired) electrons. The third-order valence-corrected chi connectivity index (χ3v) is 4.89. The number of benzene rings is 1. The third kappa shape index (κ3) is 1.56. The minimum Gasteiger partial charge on any atom is -0.317 e. The molecule has 1 saturated heterocycles. The van der Waals surface area contributed by atoms with E-state index in [4.69, 9.17) is 0 Å². The zero-order valence-corrected chi connectivity index (χ0v) is 10.9. The van der Waals surface area contributed by atoms with Crippen molar-refractivity contribution in [3.63, 3.8) is 0 Å². The van der Waals surface area contributed by atoms with E-state index in [1.54, 1.807) is 11.3 Å². The topological polar surface area (TPSA) is 29.3 Å². The molecule has 2 aromatic heterocycles. The van der Waals surface area contributed by atoms with Crippen LogP contribution in [0.2, 0.25) is 0 Å². The van der Waals surface area contributed by atoms with Crippen LogP contribution in [-0.2, 0) is 0 Å². The smallest absolute Gasteiger partial charge is 0.194 e. The van der Waals surface area contributed by atoms with E-state index < -0.39 is 0 Å². The van der Waals surface area contributed by atoms with Crippen molar-refractivity contribution in [1.29, 1.82) is 0 Å². The van der Waals surface area contributed by atoms with Crippen molar-refractivity contribution in [2.75, 3.05) is 13.1 Å². The number of rotatable bonds is 1. The summed E-state index contributed by atoms with van der Waals surface area (Å²) in [5.74, 6) is 0.727. The first-order valence-corrected chi connectivity index (χ1v) is 7.30. The van der Waals surface area contributed by atoms with Crippen LogP contribution in [0.4, 0.5) is 0 Å². The van der Waals surface area contributed by atoms with Crippen LogP contribution in [0.3, 0.4) is 0 Å². The molecular weight excluding hydrogens is 242 g/mol. The number of imidazole rings is 1. The Hall–Kier alpha value is -1.39. The molecule has 0 aliphatic carbocycles. The van der Waals surface area contributed by atoms with Gasteiger partial charge in [-0.05, 0) is 49.5 Å².